The highest BCUT2D eigenvalue weighted by Crippen LogP contribution is 2.27. The molecule has 0 aliphatic heterocycles. The van der Waals surface area contributed by atoms with Crippen LogP contribution in [0.4, 0.5) is 0 Å². The predicted octanol–water partition coefficient (Wildman–Crippen LogP) is 2.75. The first-order valence-electron chi connectivity index (χ1n) is 8.05. The molecule has 11 heteroatoms. The Morgan fingerprint density at radius 3 is 2.28 bits per heavy atom. The molecule has 0 amide bonds. The Labute approximate surface area is 183 Å². The van der Waals surface area contributed by atoms with Gasteiger partial charge in [0, 0.05) is 37.0 Å². The summed E-state index contributed by atoms with van der Waals surface area (Å²) >= 11 is 0. The Hall–Kier alpha value is -1.91. The molecule has 0 spiro atoms. The normalized spacial score (nSPS) is 11.4. The first-order chi connectivity index (χ1) is 12.7. The summed E-state index contributed by atoms with van der Waals surface area (Å²) in [5.74, 6) is 0. The molecule has 0 aliphatic rings. The molecule has 158 valence electrons. The van der Waals surface area contributed by atoms with Gasteiger partial charge in [0.25, 0.3) is 10.0 Å². The van der Waals surface area contributed by atoms with Gasteiger partial charge >= 0.3 is 0 Å². The Balaban J connectivity index is 0.00000210. The number of rotatable bonds is 6. The Morgan fingerprint density at radius 1 is 1.00 bits per heavy atom. The number of halogens is 2. The molecule has 3 aromatic rings. The van der Waals surface area contributed by atoms with Gasteiger partial charge in [-0.25, -0.2) is 20.8 Å². The maximum atomic E-state index is 13.3. The summed E-state index contributed by atoms with van der Waals surface area (Å²) in [6, 6.07) is 10.6. The molecule has 2 heterocycles. The number of nitrogens with zero attached hydrogens (tertiary/aromatic N) is 2. The highest BCUT2D eigenvalue weighted by Gasteiger charge is 2.23. The second-order valence-electron chi connectivity index (χ2n) is 6.05. The van der Waals surface area contributed by atoms with Crippen molar-refractivity contribution in [1.82, 2.24) is 14.3 Å². The summed E-state index contributed by atoms with van der Waals surface area (Å²) in [7, 11) is -5.76. The lowest BCUT2D eigenvalue weighted by Gasteiger charge is -2.11. The molecule has 0 fully saturated rings. The van der Waals surface area contributed by atoms with Crippen molar-refractivity contribution in [3.63, 3.8) is 0 Å². The van der Waals surface area contributed by atoms with Gasteiger partial charge in [0.15, 0.2) is 9.84 Å². The summed E-state index contributed by atoms with van der Waals surface area (Å²) in [5, 5.41) is 2.99. The van der Waals surface area contributed by atoms with E-state index in [9.17, 15) is 16.8 Å². The molecule has 3 rings (SSSR count). The topological polar surface area (TPSA) is 98.1 Å². The van der Waals surface area contributed by atoms with Gasteiger partial charge in [-0.2, -0.15) is 0 Å². The zero-order valence-electron chi connectivity index (χ0n) is 15.6. The third kappa shape index (κ3) is 5.37. The third-order valence-corrected chi connectivity index (χ3v) is 6.75. The van der Waals surface area contributed by atoms with Crippen LogP contribution >= 0.6 is 24.8 Å². The highest BCUT2D eigenvalue weighted by molar-refractivity contribution is 7.91. The van der Waals surface area contributed by atoms with Crippen LogP contribution in [0, 0.1) is 0 Å². The average molecular weight is 478 g/mol. The van der Waals surface area contributed by atoms with Gasteiger partial charge in [-0.1, -0.05) is 6.07 Å². The average Bonchev–Trinajstić information content (AvgIpc) is 3.07. The summed E-state index contributed by atoms with van der Waals surface area (Å²) in [6.45, 7) is 0.485. The van der Waals surface area contributed by atoms with Crippen molar-refractivity contribution >= 4 is 44.7 Å². The van der Waals surface area contributed by atoms with E-state index in [2.05, 4.69) is 10.3 Å². The van der Waals surface area contributed by atoms with Gasteiger partial charge in [0.2, 0.25) is 0 Å². The summed E-state index contributed by atoms with van der Waals surface area (Å²) in [4.78, 5) is 3.91. The van der Waals surface area contributed by atoms with Crippen molar-refractivity contribution in [1.29, 1.82) is 0 Å². The first kappa shape index (κ1) is 25.1. The maximum Gasteiger partial charge on any atom is 0.268 e. The Bertz CT molecular complexity index is 1180. The predicted molar refractivity (Wildman–Crippen MR) is 117 cm³/mol. The molecule has 0 atom stereocenters. The van der Waals surface area contributed by atoms with Gasteiger partial charge < -0.3 is 5.32 Å². The fourth-order valence-electron chi connectivity index (χ4n) is 2.70. The molecule has 0 aliphatic carbocycles. The Morgan fingerprint density at radius 2 is 1.69 bits per heavy atom. The number of pyridine rings is 1. The number of sulfone groups is 1. The SMILES string of the molecule is CNCc1cc(-c2cccnc2)n(S(=O)(=O)c2cccc(S(C)(=O)=O)c2)c1.Cl.Cl. The van der Waals surface area contributed by atoms with E-state index in [0.717, 1.165) is 15.8 Å². The largest absolute Gasteiger partial charge is 0.316 e. The van der Waals surface area contributed by atoms with E-state index in [-0.39, 0.29) is 34.6 Å². The van der Waals surface area contributed by atoms with Crippen LogP contribution in [0.15, 0.2) is 70.8 Å². The lowest BCUT2D eigenvalue weighted by atomic mass is 10.2. The van der Waals surface area contributed by atoms with Crippen molar-refractivity contribution in [3.8, 4) is 11.3 Å². The van der Waals surface area contributed by atoms with Gasteiger partial charge in [0.1, 0.15) is 0 Å². The quantitative estimate of drug-likeness (QED) is 0.585. The molecule has 0 radical (unpaired) electrons. The van der Waals surface area contributed by atoms with Crippen molar-refractivity contribution in [3.05, 3.63) is 66.6 Å². The summed E-state index contributed by atoms with van der Waals surface area (Å²) < 4.78 is 51.3. The van der Waals surface area contributed by atoms with Crippen LogP contribution in [-0.4, -0.2) is 39.1 Å². The smallest absolute Gasteiger partial charge is 0.268 e. The molecule has 0 saturated heterocycles. The second-order valence-corrected chi connectivity index (χ2v) is 9.88. The van der Waals surface area contributed by atoms with Crippen LogP contribution in [-0.2, 0) is 26.4 Å². The summed E-state index contributed by atoms with van der Waals surface area (Å²) in [5.41, 5.74) is 1.88. The van der Waals surface area contributed by atoms with Gasteiger partial charge in [-0.05, 0) is 49.0 Å². The first-order valence-corrected chi connectivity index (χ1v) is 11.4. The van der Waals surface area contributed by atoms with Crippen LogP contribution in [0.2, 0.25) is 0 Å². The number of aromatic nitrogens is 2. The van der Waals surface area contributed by atoms with Crippen LogP contribution < -0.4 is 5.32 Å². The monoisotopic (exact) mass is 477 g/mol. The lowest BCUT2D eigenvalue weighted by molar-refractivity contribution is 0.587. The van der Waals surface area contributed by atoms with Gasteiger partial charge in [0.05, 0.1) is 15.5 Å². The van der Waals surface area contributed by atoms with Crippen molar-refractivity contribution < 1.29 is 16.8 Å². The minimum absolute atomic E-state index is 0. The molecule has 0 bridgehead atoms. The minimum atomic E-state index is -4.00. The molecule has 2 aromatic heterocycles. The van der Waals surface area contributed by atoms with E-state index in [4.69, 9.17) is 0 Å². The van der Waals surface area contributed by atoms with Crippen molar-refractivity contribution in [2.24, 2.45) is 0 Å². The van der Waals surface area contributed by atoms with Crippen LogP contribution in [0.25, 0.3) is 11.3 Å². The third-order valence-electron chi connectivity index (χ3n) is 3.97. The molecule has 1 N–H and O–H groups in total. The van der Waals surface area contributed by atoms with Crippen molar-refractivity contribution in [2.75, 3.05) is 13.3 Å². The fraction of sp³-hybridized carbons (Fsp3) is 0.167. The summed E-state index contributed by atoms with van der Waals surface area (Å²) in [6.07, 6.45) is 5.76. The number of hydrogen-bond acceptors (Lipinski definition) is 6. The standard InChI is InChI=1S/C18H19N3O4S2.2ClH/c1-19-11-14-9-18(15-5-4-8-20-12-15)21(13-14)27(24,25)17-7-3-6-16(10-17)26(2,22)23;;/h3-10,12-13,19H,11H2,1-2H3;2*1H. The second kappa shape index (κ2) is 9.73. The zero-order valence-corrected chi connectivity index (χ0v) is 18.9. The molecular formula is C18H21Cl2N3O4S2. The minimum Gasteiger partial charge on any atom is -0.316 e. The van der Waals surface area contributed by atoms with E-state index in [1.54, 1.807) is 37.6 Å². The molecule has 1 aromatic carbocycles. The number of nitrogens with one attached hydrogen (secondary N) is 1. The molecule has 0 unspecified atom stereocenters. The molecule has 29 heavy (non-hydrogen) atoms. The highest BCUT2D eigenvalue weighted by atomic mass is 35.5. The lowest BCUT2D eigenvalue weighted by Crippen LogP contribution is -2.14. The van der Waals surface area contributed by atoms with E-state index in [1.807, 2.05) is 0 Å². The van der Waals surface area contributed by atoms with Crippen LogP contribution in [0.1, 0.15) is 5.56 Å². The van der Waals surface area contributed by atoms with Crippen molar-refractivity contribution in [2.45, 2.75) is 16.3 Å². The fourth-order valence-corrected chi connectivity index (χ4v) is 4.89. The number of benzene rings is 1. The van der Waals surface area contributed by atoms with Crippen LogP contribution in [0.3, 0.4) is 0 Å². The van der Waals surface area contributed by atoms with Gasteiger partial charge in [-0.3, -0.25) is 4.98 Å². The Kier molecular flexibility index (Phi) is 8.43. The van der Waals surface area contributed by atoms with E-state index < -0.39 is 19.9 Å². The molecular weight excluding hydrogens is 457 g/mol. The maximum absolute atomic E-state index is 13.3. The zero-order chi connectivity index (χ0) is 19.7. The molecule has 7 nitrogen and oxygen atoms in total. The van der Waals surface area contributed by atoms with Gasteiger partial charge in [-0.15, -0.1) is 24.8 Å². The van der Waals surface area contributed by atoms with E-state index in [0.29, 0.717) is 17.8 Å². The number of hydrogen-bond donors (Lipinski definition) is 1. The van der Waals surface area contributed by atoms with E-state index >= 15 is 0 Å². The molecule has 0 saturated carbocycles. The van der Waals surface area contributed by atoms with Crippen LogP contribution in [0.5, 0.6) is 0 Å². The van der Waals surface area contributed by atoms with E-state index in [1.165, 1.54) is 30.5 Å².